The Kier molecular flexibility index (Phi) is 6.03. The summed E-state index contributed by atoms with van der Waals surface area (Å²) in [6, 6.07) is 0.332. The van der Waals surface area contributed by atoms with Crippen molar-refractivity contribution in [2.75, 3.05) is 17.2 Å². The zero-order valence-electron chi connectivity index (χ0n) is 14.9. The van der Waals surface area contributed by atoms with Crippen molar-refractivity contribution in [2.45, 2.75) is 69.3 Å². The number of carbonyl (C=O) groups excluding carboxylic acids is 1. The van der Waals surface area contributed by atoms with Gasteiger partial charge in [-0.1, -0.05) is 0 Å². The van der Waals surface area contributed by atoms with E-state index in [1.807, 2.05) is 0 Å². The van der Waals surface area contributed by atoms with Crippen molar-refractivity contribution >= 4 is 17.7 Å². The number of hydrogen-bond acceptors (Lipinski definition) is 6. The van der Waals surface area contributed by atoms with E-state index < -0.39 is 18.7 Å². The first-order chi connectivity index (χ1) is 12.8. The summed E-state index contributed by atoms with van der Waals surface area (Å²) in [7, 11) is 0. The monoisotopic (exact) mass is 387 g/mol. The molecule has 0 radical (unpaired) electrons. The average Bonchev–Trinajstić information content (AvgIpc) is 2.57. The van der Waals surface area contributed by atoms with Crippen LogP contribution in [0.15, 0.2) is 6.20 Å². The molecule has 0 atom stereocenters. The smallest absolute Gasteiger partial charge is 0.369 e. The number of amides is 1. The number of nitrogens with two attached hydrogens (primary N) is 1. The number of ether oxygens (including phenoxy) is 1. The van der Waals surface area contributed by atoms with E-state index >= 15 is 0 Å². The Labute approximate surface area is 155 Å². The van der Waals surface area contributed by atoms with Gasteiger partial charge >= 0.3 is 6.18 Å². The molecule has 1 amide bonds. The molecule has 0 spiro atoms. The number of nitrogens with one attached hydrogen (secondary N) is 2. The molecule has 4 N–H and O–H groups in total. The van der Waals surface area contributed by atoms with Gasteiger partial charge in [-0.25, -0.2) is 4.98 Å². The molecule has 0 unspecified atom stereocenters. The molecule has 2 fully saturated rings. The van der Waals surface area contributed by atoms with Crippen LogP contribution in [0, 0.1) is 0 Å². The van der Waals surface area contributed by atoms with Crippen molar-refractivity contribution in [2.24, 2.45) is 5.73 Å². The van der Waals surface area contributed by atoms with Crippen LogP contribution in [0.5, 0.6) is 0 Å². The lowest BCUT2D eigenvalue weighted by Crippen LogP contribution is -2.33. The molecule has 3 rings (SSSR count). The van der Waals surface area contributed by atoms with E-state index in [2.05, 4.69) is 20.6 Å². The second-order valence-corrected chi connectivity index (χ2v) is 7.14. The zero-order valence-corrected chi connectivity index (χ0v) is 14.9. The fourth-order valence-corrected chi connectivity index (χ4v) is 3.26. The molecule has 2 aliphatic rings. The fourth-order valence-electron chi connectivity index (χ4n) is 3.26. The molecule has 0 bridgehead atoms. The number of carbonyl (C=O) groups is 1. The highest BCUT2D eigenvalue weighted by molar-refractivity contribution is 5.97. The summed E-state index contributed by atoms with van der Waals surface area (Å²) in [5, 5.41) is 6.42. The summed E-state index contributed by atoms with van der Waals surface area (Å²) in [6.45, 7) is -1.20. The topological polar surface area (TPSA) is 102 Å². The van der Waals surface area contributed by atoms with Crippen LogP contribution in [-0.2, 0) is 4.74 Å². The number of primary amides is 1. The van der Waals surface area contributed by atoms with E-state index in [4.69, 9.17) is 10.5 Å². The maximum Gasteiger partial charge on any atom is 0.411 e. The maximum atomic E-state index is 12.2. The van der Waals surface area contributed by atoms with Crippen molar-refractivity contribution in [1.29, 1.82) is 0 Å². The Hall–Kier alpha value is -2.10. The van der Waals surface area contributed by atoms with Crippen LogP contribution >= 0.6 is 0 Å². The molecule has 0 aromatic carbocycles. The molecule has 1 heterocycles. The summed E-state index contributed by atoms with van der Waals surface area (Å²) in [5.41, 5.74) is 5.63. The van der Waals surface area contributed by atoms with Gasteiger partial charge in [0.15, 0.2) is 0 Å². The molecule has 1 aromatic heterocycles. The predicted octanol–water partition coefficient (Wildman–Crippen LogP) is 2.84. The Morgan fingerprint density at radius 3 is 2.37 bits per heavy atom. The van der Waals surface area contributed by atoms with Crippen LogP contribution in [0.3, 0.4) is 0 Å². The number of anilines is 2. The van der Waals surface area contributed by atoms with E-state index in [-0.39, 0.29) is 23.8 Å². The van der Waals surface area contributed by atoms with Crippen LogP contribution in [0.4, 0.5) is 24.9 Å². The van der Waals surface area contributed by atoms with Gasteiger partial charge in [-0.2, -0.15) is 18.2 Å². The molecule has 0 saturated heterocycles. The molecule has 2 aliphatic carbocycles. The largest absolute Gasteiger partial charge is 0.411 e. The second kappa shape index (κ2) is 8.28. The van der Waals surface area contributed by atoms with E-state index in [0.717, 1.165) is 19.3 Å². The van der Waals surface area contributed by atoms with Crippen molar-refractivity contribution in [3.63, 3.8) is 0 Å². The van der Waals surface area contributed by atoms with Crippen molar-refractivity contribution in [1.82, 2.24) is 9.97 Å². The Bertz CT molecular complexity index is 658. The van der Waals surface area contributed by atoms with Crippen LogP contribution in [0.25, 0.3) is 0 Å². The van der Waals surface area contributed by atoms with Gasteiger partial charge in [0.25, 0.3) is 5.91 Å². The Balaban J connectivity index is 1.54. The Morgan fingerprint density at radius 1 is 1.15 bits per heavy atom. The minimum absolute atomic E-state index is 0.0479. The molecule has 10 heteroatoms. The van der Waals surface area contributed by atoms with E-state index in [1.165, 1.54) is 6.20 Å². The van der Waals surface area contributed by atoms with E-state index in [1.54, 1.807) is 0 Å². The molecule has 7 nitrogen and oxygen atoms in total. The van der Waals surface area contributed by atoms with Gasteiger partial charge in [-0.3, -0.25) is 4.79 Å². The van der Waals surface area contributed by atoms with E-state index in [0.29, 0.717) is 37.4 Å². The number of halogens is 3. The molecule has 27 heavy (non-hydrogen) atoms. The molecular weight excluding hydrogens is 363 g/mol. The minimum atomic E-state index is -4.30. The summed E-state index contributed by atoms with van der Waals surface area (Å²) in [4.78, 5) is 20.1. The van der Waals surface area contributed by atoms with Gasteiger partial charge < -0.3 is 21.1 Å². The third kappa shape index (κ3) is 5.69. The van der Waals surface area contributed by atoms with Crippen molar-refractivity contribution in [3.8, 4) is 0 Å². The first kappa shape index (κ1) is 19.7. The number of rotatable bonds is 7. The molecular formula is C17H24F3N5O2. The minimum Gasteiger partial charge on any atom is -0.369 e. The fraction of sp³-hybridized carbons (Fsp3) is 0.706. The highest BCUT2D eigenvalue weighted by Gasteiger charge is 2.31. The summed E-state index contributed by atoms with van der Waals surface area (Å²) in [6.07, 6.45) is 2.31. The average molecular weight is 387 g/mol. The lowest BCUT2D eigenvalue weighted by atomic mass is 9.93. The van der Waals surface area contributed by atoms with Crippen LogP contribution in [-0.4, -0.2) is 46.8 Å². The summed E-state index contributed by atoms with van der Waals surface area (Å²) < 4.78 is 41.6. The first-order valence-electron chi connectivity index (χ1n) is 9.18. The highest BCUT2D eigenvalue weighted by Crippen LogP contribution is 2.27. The van der Waals surface area contributed by atoms with Gasteiger partial charge in [-0.05, 0) is 44.9 Å². The third-order valence-corrected chi connectivity index (χ3v) is 4.99. The lowest BCUT2D eigenvalue weighted by Gasteiger charge is -2.30. The second-order valence-electron chi connectivity index (χ2n) is 7.14. The highest BCUT2D eigenvalue weighted by atomic mass is 19.4. The van der Waals surface area contributed by atoms with Gasteiger partial charge in [0.1, 0.15) is 12.4 Å². The van der Waals surface area contributed by atoms with Crippen molar-refractivity contribution < 1.29 is 22.7 Å². The van der Waals surface area contributed by atoms with Gasteiger partial charge in [0.05, 0.1) is 11.7 Å². The summed E-state index contributed by atoms with van der Waals surface area (Å²) >= 11 is 0. The number of alkyl halides is 3. The predicted molar refractivity (Wildman–Crippen MR) is 93.5 cm³/mol. The normalized spacial score (nSPS) is 23.5. The molecule has 150 valence electrons. The lowest BCUT2D eigenvalue weighted by molar-refractivity contribution is -0.187. The molecule has 2 saturated carbocycles. The van der Waals surface area contributed by atoms with Gasteiger partial charge in [0, 0.05) is 18.3 Å². The quantitative estimate of drug-likeness (QED) is 0.665. The standard InChI is InChI=1S/C17H24F3N5O2/c18-17(19,20)9-27-12-6-4-11(5-7-12)24-16-22-8-13(14(21)26)15(25-16)23-10-2-1-3-10/h8,10-12H,1-7,9H2,(H2,21,26)(H2,22,23,24,25). The molecule has 0 aliphatic heterocycles. The summed E-state index contributed by atoms with van der Waals surface area (Å²) in [5.74, 6) is 0.207. The maximum absolute atomic E-state index is 12.2. The number of hydrogen-bond donors (Lipinski definition) is 3. The zero-order chi connectivity index (χ0) is 19.4. The van der Waals surface area contributed by atoms with Crippen LogP contribution in [0.1, 0.15) is 55.3 Å². The van der Waals surface area contributed by atoms with Gasteiger partial charge in [-0.15, -0.1) is 0 Å². The van der Waals surface area contributed by atoms with Crippen LogP contribution < -0.4 is 16.4 Å². The number of aromatic nitrogens is 2. The first-order valence-corrected chi connectivity index (χ1v) is 9.18. The van der Waals surface area contributed by atoms with Crippen molar-refractivity contribution in [3.05, 3.63) is 11.8 Å². The van der Waals surface area contributed by atoms with E-state index in [9.17, 15) is 18.0 Å². The Morgan fingerprint density at radius 2 is 1.81 bits per heavy atom. The molecule has 1 aromatic rings. The van der Waals surface area contributed by atoms with Gasteiger partial charge in [0.2, 0.25) is 5.95 Å². The SMILES string of the molecule is NC(=O)c1cnc(NC2CCC(OCC(F)(F)F)CC2)nc1NC1CCC1. The number of nitrogens with zero attached hydrogens (tertiary/aromatic N) is 2. The van der Waals surface area contributed by atoms with Crippen LogP contribution in [0.2, 0.25) is 0 Å². The third-order valence-electron chi connectivity index (χ3n) is 4.99.